The van der Waals surface area contributed by atoms with Gasteiger partial charge in [-0.3, -0.25) is 9.10 Å². The Hall–Kier alpha value is -2.05. The molecule has 25 heavy (non-hydrogen) atoms. The molecule has 0 spiro atoms. The normalized spacial score (nSPS) is 16.5. The van der Waals surface area contributed by atoms with Crippen LogP contribution in [0.5, 0.6) is 0 Å². The van der Waals surface area contributed by atoms with E-state index in [0.717, 1.165) is 17.7 Å². The number of hydrogen-bond donors (Lipinski definition) is 1. The van der Waals surface area contributed by atoms with Crippen LogP contribution in [-0.4, -0.2) is 26.6 Å². The maximum Gasteiger partial charge on any atom is 0.255 e. The minimum absolute atomic E-state index is 0.100. The minimum atomic E-state index is -3.39. The van der Waals surface area contributed by atoms with E-state index in [2.05, 4.69) is 5.32 Å². The summed E-state index contributed by atoms with van der Waals surface area (Å²) in [6, 6.07) is 12.2. The molecule has 0 radical (unpaired) electrons. The Bertz CT molecular complexity index is 912. The molecule has 1 aliphatic rings. The lowest BCUT2D eigenvalue weighted by molar-refractivity contribution is 0.102. The van der Waals surface area contributed by atoms with E-state index in [9.17, 15) is 13.2 Å². The molecule has 1 N–H and O–H groups in total. The molecule has 5 nitrogen and oxygen atoms in total. The summed E-state index contributed by atoms with van der Waals surface area (Å²) < 4.78 is 25.9. The van der Waals surface area contributed by atoms with Gasteiger partial charge in [0, 0.05) is 17.8 Å². The molecule has 1 saturated heterocycles. The van der Waals surface area contributed by atoms with E-state index in [1.807, 2.05) is 31.2 Å². The summed E-state index contributed by atoms with van der Waals surface area (Å²) in [5.41, 5.74) is 2.39. The van der Waals surface area contributed by atoms with Gasteiger partial charge >= 0.3 is 0 Å². The van der Waals surface area contributed by atoms with Gasteiger partial charge in [0.2, 0.25) is 10.0 Å². The summed E-state index contributed by atoms with van der Waals surface area (Å²) in [7, 11) is -3.39. The topological polar surface area (TPSA) is 66.5 Å². The number of aryl methyl sites for hydroxylation is 1. The van der Waals surface area contributed by atoms with Gasteiger partial charge in [-0.2, -0.15) is 0 Å². The second-order valence-electron chi connectivity index (χ2n) is 6.03. The fourth-order valence-corrected chi connectivity index (χ4v) is 4.73. The highest BCUT2D eigenvalue weighted by Crippen LogP contribution is 2.32. The molecular formula is C18H19ClN2O3S. The largest absolute Gasteiger partial charge is 0.322 e. The number of halogens is 1. The highest BCUT2D eigenvalue weighted by Gasteiger charge is 2.28. The summed E-state index contributed by atoms with van der Waals surface area (Å²) in [4.78, 5) is 12.6. The number of anilines is 2. The van der Waals surface area contributed by atoms with Crippen LogP contribution in [0, 0.1) is 6.92 Å². The molecule has 0 aromatic heterocycles. The predicted molar refractivity (Wildman–Crippen MR) is 101 cm³/mol. The zero-order valence-electron chi connectivity index (χ0n) is 13.8. The standard InChI is InChI=1S/C18H19ClN2O3S/c1-13-6-2-3-7-16(13)20-18(22)14-8-9-15(19)17(12-14)21-10-4-5-11-25(21,23)24/h2-3,6-9,12H,4-5,10-11H2,1H3,(H,20,22). The molecule has 1 amide bonds. The maximum atomic E-state index is 12.6. The summed E-state index contributed by atoms with van der Waals surface area (Å²) in [6.45, 7) is 2.29. The number of sulfonamides is 1. The van der Waals surface area contributed by atoms with Gasteiger partial charge in [0.05, 0.1) is 16.5 Å². The van der Waals surface area contributed by atoms with Gasteiger partial charge in [-0.1, -0.05) is 29.8 Å². The second-order valence-corrected chi connectivity index (χ2v) is 8.45. The van der Waals surface area contributed by atoms with Gasteiger partial charge in [-0.25, -0.2) is 8.42 Å². The third-order valence-corrected chi connectivity index (χ3v) is 6.39. The average Bonchev–Trinajstić information content (AvgIpc) is 2.57. The molecule has 0 bridgehead atoms. The molecule has 2 aromatic rings. The Morgan fingerprint density at radius 1 is 1.16 bits per heavy atom. The lowest BCUT2D eigenvalue weighted by atomic mass is 10.1. The lowest BCUT2D eigenvalue weighted by Gasteiger charge is -2.29. The van der Waals surface area contributed by atoms with Crippen LogP contribution in [0.25, 0.3) is 0 Å². The zero-order valence-corrected chi connectivity index (χ0v) is 15.4. The number of rotatable bonds is 3. The van der Waals surface area contributed by atoms with E-state index in [-0.39, 0.29) is 11.7 Å². The van der Waals surface area contributed by atoms with Crippen molar-refractivity contribution >= 4 is 38.9 Å². The van der Waals surface area contributed by atoms with Gasteiger partial charge in [0.1, 0.15) is 0 Å². The van der Waals surface area contributed by atoms with Crippen molar-refractivity contribution < 1.29 is 13.2 Å². The number of nitrogens with one attached hydrogen (secondary N) is 1. The lowest BCUT2D eigenvalue weighted by Crippen LogP contribution is -2.38. The van der Waals surface area contributed by atoms with E-state index in [0.29, 0.717) is 29.2 Å². The van der Waals surface area contributed by atoms with Crippen molar-refractivity contribution in [1.29, 1.82) is 0 Å². The number of nitrogens with zero attached hydrogens (tertiary/aromatic N) is 1. The molecule has 0 atom stereocenters. The summed E-state index contributed by atoms with van der Waals surface area (Å²) in [5, 5.41) is 3.16. The van der Waals surface area contributed by atoms with E-state index in [1.54, 1.807) is 18.2 Å². The first kappa shape index (κ1) is 17.8. The van der Waals surface area contributed by atoms with Crippen LogP contribution in [0.2, 0.25) is 5.02 Å². The molecule has 0 aliphatic carbocycles. The van der Waals surface area contributed by atoms with Crippen molar-refractivity contribution in [1.82, 2.24) is 0 Å². The maximum absolute atomic E-state index is 12.6. The van der Waals surface area contributed by atoms with Crippen molar-refractivity contribution in [2.24, 2.45) is 0 Å². The molecule has 7 heteroatoms. The second kappa shape index (κ2) is 7.06. The monoisotopic (exact) mass is 378 g/mol. The molecule has 2 aromatic carbocycles. The first-order valence-corrected chi connectivity index (χ1v) is 10.0. The van der Waals surface area contributed by atoms with Gasteiger partial charge in [0.15, 0.2) is 0 Å². The van der Waals surface area contributed by atoms with Crippen LogP contribution in [0.3, 0.4) is 0 Å². The number of carbonyl (C=O) groups excluding carboxylic acids is 1. The smallest absolute Gasteiger partial charge is 0.255 e. The van der Waals surface area contributed by atoms with Crippen molar-refractivity contribution in [2.45, 2.75) is 19.8 Å². The highest BCUT2D eigenvalue weighted by atomic mass is 35.5. The Balaban J connectivity index is 1.91. The first-order valence-electron chi connectivity index (χ1n) is 8.05. The molecular weight excluding hydrogens is 360 g/mol. The summed E-state index contributed by atoms with van der Waals surface area (Å²) >= 11 is 6.21. The van der Waals surface area contributed by atoms with Gasteiger partial charge in [-0.15, -0.1) is 0 Å². The number of carbonyl (C=O) groups is 1. The first-order chi connectivity index (χ1) is 11.9. The number of hydrogen-bond acceptors (Lipinski definition) is 3. The molecule has 1 aliphatic heterocycles. The molecule has 3 rings (SSSR count). The molecule has 0 saturated carbocycles. The molecule has 0 unspecified atom stereocenters. The average molecular weight is 379 g/mol. The number of amides is 1. The Kier molecular flexibility index (Phi) is 5.01. The Morgan fingerprint density at radius 3 is 2.64 bits per heavy atom. The molecule has 132 valence electrons. The third-order valence-electron chi connectivity index (χ3n) is 4.22. The Morgan fingerprint density at radius 2 is 1.92 bits per heavy atom. The van der Waals surface area contributed by atoms with Crippen molar-refractivity contribution in [3.63, 3.8) is 0 Å². The summed E-state index contributed by atoms with van der Waals surface area (Å²) in [5.74, 6) is -0.204. The van der Waals surface area contributed by atoms with Crippen LogP contribution in [0.1, 0.15) is 28.8 Å². The van der Waals surface area contributed by atoms with E-state index in [1.165, 1.54) is 4.31 Å². The molecule has 1 fully saturated rings. The van der Waals surface area contributed by atoms with E-state index in [4.69, 9.17) is 11.6 Å². The minimum Gasteiger partial charge on any atom is -0.322 e. The van der Waals surface area contributed by atoms with Gasteiger partial charge < -0.3 is 5.32 Å². The van der Waals surface area contributed by atoms with Crippen molar-refractivity contribution in [2.75, 3.05) is 21.9 Å². The quantitative estimate of drug-likeness (QED) is 0.882. The van der Waals surface area contributed by atoms with Crippen LogP contribution in [0.4, 0.5) is 11.4 Å². The fraction of sp³-hybridized carbons (Fsp3) is 0.278. The SMILES string of the molecule is Cc1ccccc1NC(=O)c1ccc(Cl)c(N2CCCCS2(=O)=O)c1. The number of para-hydroxylation sites is 1. The van der Waals surface area contributed by atoms with Crippen LogP contribution in [0.15, 0.2) is 42.5 Å². The van der Waals surface area contributed by atoms with Gasteiger partial charge in [0.25, 0.3) is 5.91 Å². The van der Waals surface area contributed by atoms with E-state index >= 15 is 0 Å². The zero-order chi connectivity index (χ0) is 18.0. The highest BCUT2D eigenvalue weighted by molar-refractivity contribution is 7.92. The Labute approximate surface area is 152 Å². The predicted octanol–water partition coefficient (Wildman–Crippen LogP) is 3.83. The third kappa shape index (κ3) is 3.80. The molecule has 1 heterocycles. The fourth-order valence-electron chi connectivity index (χ4n) is 2.81. The summed E-state index contributed by atoms with van der Waals surface area (Å²) in [6.07, 6.45) is 1.42. The number of benzene rings is 2. The van der Waals surface area contributed by atoms with Crippen LogP contribution in [-0.2, 0) is 10.0 Å². The van der Waals surface area contributed by atoms with Crippen LogP contribution >= 0.6 is 11.6 Å². The van der Waals surface area contributed by atoms with E-state index < -0.39 is 10.0 Å². The van der Waals surface area contributed by atoms with Crippen molar-refractivity contribution in [3.05, 3.63) is 58.6 Å². The van der Waals surface area contributed by atoms with Crippen LogP contribution < -0.4 is 9.62 Å². The van der Waals surface area contributed by atoms with Crippen molar-refractivity contribution in [3.8, 4) is 0 Å². The van der Waals surface area contributed by atoms with Gasteiger partial charge in [-0.05, 0) is 49.6 Å².